The van der Waals surface area contributed by atoms with Crippen LogP contribution in [0.25, 0.3) is 0 Å². The number of nitrogens with one attached hydrogen (secondary N) is 1. The Balaban J connectivity index is 2.42. The van der Waals surface area contributed by atoms with Crippen LogP contribution >= 0.6 is 0 Å². The number of rotatable bonds is 2. The molecule has 0 bridgehead atoms. The summed E-state index contributed by atoms with van der Waals surface area (Å²) in [7, 11) is -3.04. The van der Waals surface area contributed by atoms with Gasteiger partial charge in [0, 0.05) is 0 Å². The maximum absolute atomic E-state index is 11.4. The third-order valence-electron chi connectivity index (χ3n) is 1.74. The summed E-state index contributed by atoms with van der Waals surface area (Å²) < 4.78 is 22.8. The third-order valence-corrected chi connectivity index (χ3v) is 3.93. The minimum atomic E-state index is -3.04. The predicted molar refractivity (Wildman–Crippen MR) is 38.8 cm³/mol. The summed E-state index contributed by atoms with van der Waals surface area (Å²) in [5.41, 5.74) is 0. The van der Waals surface area contributed by atoms with E-state index in [9.17, 15) is 8.42 Å². The smallest absolute Gasteiger partial charge is 0.198 e. The molecule has 1 fully saturated rings. The summed E-state index contributed by atoms with van der Waals surface area (Å²) in [6, 6.07) is 0. The summed E-state index contributed by atoms with van der Waals surface area (Å²) in [5.74, 6) is 0. The highest BCUT2D eigenvalue weighted by Gasteiger charge is 2.37. The maximum Gasteiger partial charge on any atom is 0.198 e. The van der Waals surface area contributed by atoms with E-state index in [2.05, 4.69) is 9.97 Å². The number of aromatic nitrogens is 2. The molecule has 1 aromatic heterocycles. The lowest BCUT2D eigenvalue weighted by Crippen LogP contribution is -2.06. The summed E-state index contributed by atoms with van der Waals surface area (Å²) >= 11 is 0. The molecule has 0 spiro atoms. The number of aromatic amines is 1. The minimum absolute atomic E-state index is 0.150. The SMILES string of the molecule is O=S(=O)(c1cnc[nH]1)C1CC1. The molecule has 1 heterocycles. The van der Waals surface area contributed by atoms with Crippen molar-refractivity contribution in [2.45, 2.75) is 23.1 Å². The van der Waals surface area contributed by atoms with Crippen molar-refractivity contribution in [1.82, 2.24) is 9.97 Å². The molecule has 0 amide bonds. The second kappa shape index (κ2) is 2.07. The van der Waals surface area contributed by atoms with Crippen LogP contribution < -0.4 is 0 Å². The molecular formula is C6H8N2O2S. The van der Waals surface area contributed by atoms with E-state index in [1.165, 1.54) is 12.5 Å². The molecule has 0 aliphatic heterocycles. The highest BCUT2D eigenvalue weighted by Crippen LogP contribution is 2.32. The fourth-order valence-electron chi connectivity index (χ4n) is 0.957. The molecule has 0 saturated heterocycles. The van der Waals surface area contributed by atoms with E-state index >= 15 is 0 Å². The lowest BCUT2D eigenvalue weighted by Gasteiger charge is -1.95. The largest absolute Gasteiger partial charge is 0.336 e. The van der Waals surface area contributed by atoms with Gasteiger partial charge in [0.2, 0.25) is 0 Å². The molecule has 1 N–H and O–H groups in total. The van der Waals surface area contributed by atoms with Crippen molar-refractivity contribution >= 4 is 9.84 Å². The lowest BCUT2D eigenvalue weighted by atomic mass is 10.9. The Labute approximate surface area is 64.6 Å². The summed E-state index contributed by atoms with van der Waals surface area (Å²) in [5, 5.41) is 0.1000. The Hall–Kier alpha value is -0.840. The molecular weight excluding hydrogens is 164 g/mol. The normalized spacial score (nSPS) is 18.5. The van der Waals surface area contributed by atoms with Crippen molar-refractivity contribution < 1.29 is 8.42 Å². The molecule has 1 aromatic rings. The third kappa shape index (κ3) is 1.05. The van der Waals surface area contributed by atoms with E-state index in [0.29, 0.717) is 0 Å². The average molecular weight is 172 g/mol. The molecule has 0 unspecified atom stereocenters. The van der Waals surface area contributed by atoms with Crippen LogP contribution in [0, 0.1) is 0 Å². The van der Waals surface area contributed by atoms with Gasteiger partial charge in [-0.15, -0.1) is 0 Å². The summed E-state index contributed by atoms with van der Waals surface area (Å²) in [4.78, 5) is 6.26. The van der Waals surface area contributed by atoms with Crippen LogP contribution in [0.3, 0.4) is 0 Å². The second-order valence-corrected chi connectivity index (χ2v) is 4.86. The van der Waals surface area contributed by atoms with Gasteiger partial charge < -0.3 is 4.98 Å². The molecule has 60 valence electrons. The van der Waals surface area contributed by atoms with Crippen molar-refractivity contribution in [1.29, 1.82) is 0 Å². The average Bonchev–Trinajstić information content (AvgIpc) is 2.66. The predicted octanol–water partition coefficient (Wildman–Crippen LogP) is 0.346. The molecule has 2 rings (SSSR count). The summed E-state index contributed by atoms with van der Waals surface area (Å²) in [6.07, 6.45) is 4.33. The molecule has 5 heteroatoms. The summed E-state index contributed by atoms with van der Waals surface area (Å²) in [6.45, 7) is 0. The standard InChI is InChI=1S/C6H8N2O2S/c9-11(10,5-1-2-5)6-3-7-4-8-6/h3-5H,1-2H2,(H,7,8). The zero-order chi connectivity index (χ0) is 7.90. The number of sulfone groups is 1. The van der Waals surface area contributed by atoms with Crippen molar-refractivity contribution in [3.63, 3.8) is 0 Å². The molecule has 11 heavy (non-hydrogen) atoms. The molecule has 1 aliphatic carbocycles. The van der Waals surface area contributed by atoms with Gasteiger partial charge in [0.05, 0.1) is 17.8 Å². The lowest BCUT2D eigenvalue weighted by molar-refractivity contribution is 0.591. The van der Waals surface area contributed by atoms with Gasteiger partial charge >= 0.3 is 0 Å². The van der Waals surface area contributed by atoms with Crippen LogP contribution in [-0.4, -0.2) is 23.6 Å². The molecule has 0 atom stereocenters. The molecule has 4 nitrogen and oxygen atoms in total. The topological polar surface area (TPSA) is 62.8 Å². The Morgan fingerprint density at radius 3 is 2.73 bits per heavy atom. The highest BCUT2D eigenvalue weighted by atomic mass is 32.2. The van der Waals surface area contributed by atoms with E-state index in [1.807, 2.05) is 0 Å². The van der Waals surface area contributed by atoms with Gasteiger partial charge in [0.1, 0.15) is 0 Å². The van der Waals surface area contributed by atoms with Crippen LogP contribution in [0.2, 0.25) is 0 Å². The molecule has 1 aliphatic rings. The number of nitrogens with zero attached hydrogens (tertiary/aromatic N) is 1. The van der Waals surface area contributed by atoms with Gasteiger partial charge in [0.25, 0.3) is 0 Å². The van der Waals surface area contributed by atoms with E-state index in [-0.39, 0.29) is 10.3 Å². The van der Waals surface area contributed by atoms with Gasteiger partial charge in [-0.2, -0.15) is 0 Å². The van der Waals surface area contributed by atoms with Crippen LogP contribution in [-0.2, 0) is 9.84 Å². The quantitative estimate of drug-likeness (QED) is 0.700. The number of hydrogen-bond acceptors (Lipinski definition) is 3. The first kappa shape index (κ1) is 6.84. The Morgan fingerprint density at radius 2 is 2.27 bits per heavy atom. The van der Waals surface area contributed by atoms with E-state index in [1.54, 1.807) is 0 Å². The Morgan fingerprint density at radius 1 is 1.55 bits per heavy atom. The first-order valence-electron chi connectivity index (χ1n) is 3.43. The Bertz CT molecular complexity index is 337. The van der Waals surface area contributed by atoms with Crippen molar-refractivity contribution in [3.05, 3.63) is 12.5 Å². The Kier molecular flexibility index (Phi) is 1.29. The minimum Gasteiger partial charge on any atom is -0.336 e. The zero-order valence-electron chi connectivity index (χ0n) is 5.82. The van der Waals surface area contributed by atoms with Gasteiger partial charge in [0.15, 0.2) is 14.9 Å². The van der Waals surface area contributed by atoms with E-state index < -0.39 is 9.84 Å². The number of imidazole rings is 1. The van der Waals surface area contributed by atoms with E-state index in [0.717, 1.165) is 12.8 Å². The monoisotopic (exact) mass is 172 g/mol. The van der Waals surface area contributed by atoms with Gasteiger partial charge in [-0.25, -0.2) is 13.4 Å². The number of hydrogen-bond donors (Lipinski definition) is 1. The van der Waals surface area contributed by atoms with Crippen LogP contribution in [0.4, 0.5) is 0 Å². The van der Waals surface area contributed by atoms with Gasteiger partial charge in [-0.3, -0.25) is 0 Å². The van der Waals surface area contributed by atoms with Crippen LogP contribution in [0.15, 0.2) is 17.6 Å². The fraction of sp³-hybridized carbons (Fsp3) is 0.500. The van der Waals surface area contributed by atoms with Crippen LogP contribution in [0.1, 0.15) is 12.8 Å². The molecule has 0 radical (unpaired) electrons. The van der Waals surface area contributed by atoms with Crippen molar-refractivity contribution in [2.75, 3.05) is 0 Å². The first-order valence-corrected chi connectivity index (χ1v) is 4.98. The van der Waals surface area contributed by atoms with Crippen LogP contribution in [0.5, 0.6) is 0 Å². The van der Waals surface area contributed by atoms with Gasteiger partial charge in [-0.1, -0.05) is 0 Å². The second-order valence-electron chi connectivity index (χ2n) is 2.66. The van der Waals surface area contributed by atoms with E-state index in [4.69, 9.17) is 0 Å². The van der Waals surface area contributed by atoms with Gasteiger partial charge in [-0.05, 0) is 12.8 Å². The molecule has 1 saturated carbocycles. The highest BCUT2D eigenvalue weighted by molar-refractivity contribution is 7.92. The maximum atomic E-state index is 11.4. The van der Waals surface area contributed by atoms with Crippen molar-refractivity contribution in [3.8, 4) is 0 Å². The molecule has 0 aromatic carbocycles. The zero-order valence-corrected chi connectivity index (χ0v) is 6.63. The number of H-pyrrole nitrogens is 1. The van der Waals surface area contributed by atoms with Crippen molar-refractivity contribution in [2.24, 2.45) is 0 Å². The first-order chi connectivity index (χ1) is 5.21. The fourth-order valence-corrected chi connectivity index (χ4v) is 2.50.